The van der Waals surface area contributed by atoms with Crippen molar-refractivity contribution in [1.82, 2.24) is 0 Å². The predicted molar refractivity (Wildman–Crippen MR) is 304 cm³/mol. The van der Waals surface area contributed by atoms with Crippen LogP contribution in [-0.4, -0.2) is 22.8 Å². The number of rotatable bonds is 14. The zero-order chi connectivity index (χ0) is 48.9. The van der Waals surface area contributed by atoms with Gasteiger partial charge >= 0.3 is 0 Å². The minimum absolute atomic E-state index is 0.753. The predicted octanol–water partition coefficient (Wildman–Crippen LogP) is 17.2. The summed E-state index contributed by atoms with van der Waals surface area (Å²) in [6.07, 6.45) is 4.38. The number of benzene rings is 10. The summed E-state index contributed by atoms with van der Waals surface area (Å²) in [6, 6.07) is 91.7. The molecule has 0 aliphatic rings. The third-order valence-corrected chi connectivity index (χ3v) is 12.5. The fourth-order valence-electron chi connectivity index (χ4n) is 8.72. The van der Waals surface area contributed by atoms with Gasteiger partial charge in [0.25, 0.3) is 0 Å². The fraction of sp³-hybridized carbons (Fsp3) is 0.0294. The highest BCUT2D eigenvalue weighted by molar-refractivity contribution is 6.17. The highest BCUT2D eigenvalue weighted by Crippen LogP contribution is 2.38. The van der Waals surface area contributed by atoms with E-state index in [-0.39, 0.29) is 0 Å². The van der Waals surface area contributed by atoms with Crippen LogP contribution in [0.1, 0.15) is 66.8 Å². The van der Waals surface area contributed by atoms with E-state index in [1.165, 1.54) is 0 Å². The minimum Gasteiger partial charge on any atom is -0.246 e. The number of hydrogen-bond donors (Lipinski definition) is 0. The van der Waals surface area contributed by atoms with E-state index in [4.69, 9.17) is 20.0 Å². The van der Waals surface area contributed by atoms with Gasteiger partial charge in [0.2, 0.25) is 0 Å². The summed E-state index contributed by atoms with van der Waals surface area (Å²) >= 11 is 0. The second-order valence-electron chi connectivity index (χ2n) is 17.5. The number of aliphatic imine (C=N–C) groups is 4. The van der Waals surface area contributed by atoms with Crippen molar-refractivity contribution < 1.29 is 0 Å². The molecule has 4 heteroatoms. The molecule has 0 saturated heterocycles. The molecule has 72 heavy (non-hydrogen) atoms. The van der Waals surface area contributed by atoms with Gasteiger partial charge in [0.05, 0.1) is 45.6 Å². The van der Waals surface area contributed by atoms with Crippen LogP contribution in [-0.2, 0) is 0 Å². The third-order valence-electron chi connectivity index (χ3n) is 12.5. The molecule has 0 aliphatic carbocycles. The average Bonchev–Trinajstić information content (AvgIpc) is 3.45. The standard InChI is InChI=1S/C68H52N4/c1-49-45-61(69-65(51-27-11-3-12-28-51)52-29-13-4-14-30-52)63(71-67(55-35-19-7-20-36-55)56-37-21-8-22-38-56)47-59(49)43-44-60-48-64(72-68(57-39-23-9-24-40-57)58-41-25-10-26-42-58)62(46-50(60)2)70-66(53-31-15-5-16-32-53)54-33-17-6-18-34-54/h3-48H,1-2H3/b44-43-. The normalized spacial score (nSPS) is 10.9. The van der Waals surface area contributed by atoms with E-state index < -0.39 is 0 Å². The Bertz CT molecular complexity index is 3160. The van der Waals surface area contributed by atoms with Crippen molar-refractivity contribution in [3.8, 4) is 0 Å². The Morgan fingerprint density at radius 1 is 0.236 bits per heavy atom. The molecule has 10 aromatic rings. The number of hydrogen-bond acceptors (Lipinski definition) is 4. The van der Waals surface area contributed by atoms with Crippen molar-refractivity contribution in [3.63, 3.8) is 0 Å². The van der Waals surface area contributed by atoms with Crippen LogP contribution in [0.15, 0.2) is 287 Å². The van der Waals surface area contributed by atoms with Gasteiger partial charge in [-0.3, -0.25) is 0 Å². The first-order chi connectivity index (χ1) is 35.5. The molecule has 0 radical (unpaired) electrons. The van der Waals surface area contributed by atoms with Crippen LogP contribution < -0.4 is 0 Å². The van der Waals surface area contributed by atoms with Crippen molar-refractivity contribution in [1.29, 1.82) is 0 Å². The Hall–Kier alpha value is -9.38. The quantitative estimate of drug-likeness (QED) is 0.0771. The first-order valence-corrected chi connectivity index (χ1v) is 24.3. The monoisotopic (exact) mass is 924 g/mol. The lowest BCUT2D eigenvalue weighted by atomic mass is 9.99. The Morgan fingerprint density at radius 3 is 0.583 bits per heavy atom. The molecular formula is C68H52N4. The SMILES string of the molecule is Cc1cc(N=C(c2ccccc2)c2ccccc2)c(N=C(c2ccccc2)c2ccccc2)cc1/C=C\c1cc(N=C(c2ccccc2)c2ccccc2)c(N=C(c2ccccc2)c2ccccc2)cc1C. The summed E-state index contributed by atoms with van der Waals surface area (Å²) in [5.74, 6) is 0. The van der Waals surface area contributed by atoms with E-state index in [0.717, 1.165) is 112 Å². The Labute approximate surface area is 423 Å². The minimum atomic E-state index is 0.753. The van der Waals surface area contributed by atoms with Gasteiger partial charge in [-0.15, -0.1) is 0 Å². The molecule has 0 N–H and O–H groups in total. The lowest BCUT2D eigenvalue weighted by Gasteiger charge is -2.14. The first-order valence-electron chi connectivity index (χ1n) is 24.3. The summed E-state index contributed by atoms with van der Waals surface area (Å²) < 4.78 is 0. The summed E-state index contributed by atoms with van der Waals surface area (Å²) in [6.45, 7) is 4.29. The summed E-state index contributed by atoms with van der Waals surface area (Å²) in [7, 11) is 0. The molecular weight excluding hydrogens is 873 g/mol. The maximum absolute atomic E-state index is 5.55. The van der Waals surface area contributed by atoms with Crippen LogP contribution in [0.25, 0.3) is 12.2 Å². The van der Waals surface area contributed by atoms with Crippen LogP contribution in [0.2, 0.25) is 0 Å². The first kappa shape index (κ1) is 46.4. The molecule has 0 fully saturated rings. The molecule has 10 rings (SSSR count). The van der Waals surface area contributed by atoms with Gasteiger partial charge in [-0.05, 0) is 60.4 Å². The van der Waals surface area contributed by atoms with Gasteiger partial charge in [0.15, 0.2) is 0 Å². The Morgan fingerprint density at radius 2 is 0.403 bits per heavy atom. The smallest absolute Gasteiger partial charge is 0.0900 e. The lowest BCUT2D eigenvalue weighted by Crippen LogP contribution is -2.04. The van der Waals surface area contributed by atoms with E-state index in [9.17, 15) is 0 Å². The molecule has 0 unspecified atom stereocenters. The van der Waals surface area contributed by atoms with Gasteiger partial charge in [-0.2, -0.15) is 0 Å². The van der Waals surface area contributed by atoms with Crippen molar-refractivity contribution in [2.75, 3.05) is 0 Å². The molecule has 0 amide bonds. The second-order valence-corrected chi connectivity index (χ2v) is 17.5. The summed E-state index contributed by atoms with van der Waals surface area (Å²) in [4.78, 5) is 22.1. The molecule has 0 bridgehead atoms. The molecule has 0 atom stereocenters. The van der Waals surface area contributed by atoms with Gasteiger partial charge in [0.1, 0.15) is 0 Å². The zero-order valence-corrected chi connectivity index (χ0v) is 40.3. The molecule has 10 aromatic carbocycles. The van der Waals surface area contributed by atoms with E-state index >= 15 is 0 Å². The molecule has 0 aromatic heterocycles. The van der Waals surface area contributed by atoms with E-state index in [0.29, 0.717) is 0 Å². The zero-order valence-electron chi connectivity index (χ0n) is 40.3. The molecule has 4 nitrogen and oxygen atoms in total. The van der Waals surface area contributed by atoms with Crippen LogP contribution in [0.5, 0.6) is 0 Å². The number of nitrogens with zero attached hydrogens (tertiary/aromatic N) is 4. The molecule has 0 spiro atoms. The van der Waals surface area contributed by atoms with Gasteiger partial charge in [-0.25, -0.2) is 20.0 Å². The second kappa shape index (κ2) is 22.4. The van der Waals surface area contributed by atoms with Gasteiger partial charge in [0, 0.05) is 44.5 Å². The largest absolute Gasteiger partial charge is 0.246 e. The van der Waals surface area contributed by atoms with E-state index in [1.807, 2.05) is 48.5 Å². The maximum Gasteiger partial charge on any atom is 0.0900 e. The molecule has 0 saturated carbocycles. The molecule has 0 aliphatic heterocycles. The Balaban J connectivity index is 1.17. The van der Waals surface area contributed by atoms with Gasteiger partial charge < -0.3 is 0 Å². The van der Waals surface area contributed by atoms with E-state index in [2.05, 4.69) is 244 Å². The highest BCUT2D eigenvalue weighted by Gasteiger charge is 2.17. The molecule has 344 valence electrons. The maximum atomic E-state index is 5.55. The van der Waals surface area contributed by atoms with E-state index in [1.54, 1.807) is 0 Å². The number of aryl methyl sites for hydroxylation is 2. The molecule has 0 heterocycles. The average molecular weight is 925 g/mol. The van der Waals surface area contributed by atoms with Crippen molar-refractivity contribution >= 4 is 57.7 Å². The van der Waals surface area contributed by atoms with Crippen molar-refractivity contribution in [3.05, 3.63) is 334 Å². The van der Waals surface area contributed by atoms with Crippen LogP contribution in [0, 0.1) is 13.8 Å². The van der Waals surface area contributed by atoms with Gasteiger partial charge in [-0.1, -0.05) is 255 Å². The topological polar surface area (TPSA) is 49.4 Å². The third kappa shape index (κ3) is 11.1. The van der Waals surface area contributed by atoms with Crippen LogP contribution in [0.3, 0.4) is 0 Å². The van der Waals surface area contributed by atoms with Crippen LogP contribution in [0.4, 0.5) is 22.7 Å². The highest BCUT2D eigenvalue weighted by atomic mass is 14.9. The van der Waals surface area contributed by atoms with Crippen molar-refractivity contribution in [2.45, 2.75) is 13.8 Å². The summed E-state index contributed by atoms with van der Waals surface area (Å²) in [5, 5.41) is 0. The fourth-order valence-corrected chi connectivity index (χ4v) is 8.72. The van der Waals surface area contributed by atoms with Crippen LogP contribution >= 0.6 is 0 Å². The van der Waals surface area contributed by atoms with Crippen molar-refractivity contribution in [2.24, 2.45) is 20.0 Å². The lowest BCUT2D eigenvalue weighted by molar-refractivity contribution is 1.35. The Kier molecular flexibility index (Phi) is 14.4. The summed E-state index contributed by atoms with van der Waals surface area (Å²) in [5.41, 5.74) is 18.8.